The molecule has 1 aliphatic heterocycles. The SMILES string of the molecule is O=C(O)C1(Cn2cc(Cl)cn2)CCOC1. The van der Waals surface area contributed by atoms with Gasteiger partial charge in [-0.25, -0.2) is 0 Å². The Morgan fingerprint density at radius 2 is 2.60 bits per heavy atom. The van der Waals surface area contributed by atoms with Crippen LogP contribution in [0.25, 0.3) is 0 Å². The monoisotopic (exact) mass is 230 g/mol. The van der Waals surface area contributed by atoms with Crippen LogP contribution in [0.15, 0.2) is 12.4 Å². The first-order chi connectivity index (χ1) is 7.12. The number of carboxylic acids is 1. The standard InChI is InChI=1S/C9H11ClN2O3/c10-7-3-11-12(4-7)5-9(8(13)14)1-2-15-6-9/h3-4H,1-2,5-6H2,(H,13,14). The van der Waals surface area contributed by atoms with Crippen molar-refractivity contribution in [1.29, 1.82) is 0 Å². The number of ether oxygens (including phenoxy) is 1. The van der Waals surface area contributed by atoms with Gasteiger partial charge in [-0.3, -0.25) is 9.48 Å². The molecule has 2 rings (SSSR count). The average molecular weight is 231 g/mol. The summed E-state index contributed by atoms with van der Waals surface area (Å²) in [5.41, 5.74) is -0.852. The van der Waals surface area contributed by atoms with Crippen LogP contribution in [-0.2, 0) is 16.1 Å². The van der Waals surface area contributed by atoms with E-state index in [0.717, 1.165) is 0 Å². The molecule has 82 valence electrons. The highest BCUT2D eigenvalue weighted by molar-refractivity contribution is 6.30. The highest BCUT2D eigenvalue weighted by atomic mass is 35.5. The molecule has 2 heterocycles. The van der Waals surface area contributed by atoms with Crippen molar-refractivity contribution in [2.24, 2.45) is 5.41 Å². The predicted octanol–water partition coefficient (Wildman–Crippen LogP) is 1.03. The lowest BCUT2D eigenvalue weighted by Crippen LogP contribution is -2.36. The highest BCUT2D eigenvalue weighted by Crippen LogP contribution is 2.31. The van der Waals surface area contributed by atoms with Gasteiger partial charge in [-0.1, -0.05) is 11.6 Å². The summed E-state index contributed by atoms with van der Waals surface area (Å²) in [5.74, 6) is -0.841. The van der Waals surface area contributed by atoms with Gasteiger partial charge in [0.2, 0.25) is 0 Å². The van der Waals surface area contributed by atoms with Crippen molar-refractivity contribution in [2.45, 2.75) is 13.0 Å². The maximum Gasteiger partial charge on any atom is 0.313 e. The fourth-order valence-corrected chi connectivity index (χ4v) is 1.86. The molecular weight excluding hydrogens is 220 g/mol. The largest absolute Gasteiger partial charge is 0.481 e. The van der Waals surface area contributed by atoms with Gasteiger partial charge in [-0.2, -0.15) is 5.10 Å². The number of carboxylic acid groups (broad SMARTS) is 1. The van der Waals surface area contributed by atoms with Gasteiger partial charge in [-0.05, 0) is 6.42 Å². The maximum absolute atomic E-state index is 11.2. The molecule has 6 heteroatoms. The number of hydrogen-bond donors (Lipinski definition) is 1. The van der Waals surface area contributed by atoms with Gasteiger partial charge < -0.3 is 9.84 Å². The van der Waals surface area contributed by atoms with E-state index in [-0.39, 0.29) is 6.61 Å². The minimum absolute atomic E-state index is 0.236. The van der Waals surface area contributed by atoms with Crippen molar-refractivity contribution in [3.05, 3.63) is 17.4 Å². The zero-order valence-corrected chi connectivity index (χ0v) is 8.78. The van der Waals surface area contributed by atoms with E-state index >= 15 is 0 Å². The van der Waals surface area contributed by atoms with E-state index in [0.29, 0.717) is 24.6 Å². The highest BCUT2D eigenvalue weighted by Gasteiger charge is 2.43. The molecular formula is C9H11ClN2O3. The van der Waals surface area contributed by atoms with Crippen LogP contribution in [0.4, 0.5) is 0 Å². The van der Waals surface area contributed by atoms with E-state index in [2.05, 4.69) is 5.10 Å². The summed E-state index contributed by atoms with van der Waals surface area (Å²) in [7, 11) is 0. The molecule has 1 N–H and O–H groups in total. The second-order valence-electron chi connectivity index (χ2n) is 3.74. The summed E-state index contributed by atoms with van der Waals surface area (Å²) < 4.78 is 6.69. The molecule has 1 atom stereocenters. The van der Waals surface area contributed by atoms with Gasteiger partial charge in [0.25, 0.3) is 0 Å². The van der Waals surface area contributed by atoms with E-state index < -0.39 is 11.4 Å². The van der Waals surface area contributed by atoms with E-state index in [1.165, 1.54) is 6.20 Å². The molecule has 1 aromatic rings. The van der Waals surface area contributed by atoms with E-state index in [1.807, 2.05) is 0 Å². The fraction of sp³-hybridized carbons (Fsp3) is 0.556. The molecule has 0 aliphatic carbocycles. The third kappa shape index (κ3) is 1.98. The lowest BCUT2D eigenvalue weighted by molar-refractivity contribution is -0.150. The second-order valence-corrected chi connectivity index (χ2v) is 4.18. The summed E-state index contributed by atoms with van der Waals surface area (Å²) >= 11 is 5.71. The molecule has 0 spiro atoms. The first-order valence-electron chi connectivity index (χ1n) is 4.61. The van der Waals surface area contributed by atoms with Crippen molar-refractivity contribution in [2.75, 3.05) is 13.2 Å². The zero-order valence-electron chi connectivity index (χ0n) is 8.02. The topological polar surface area (TPSA) is 64.3 Å². The molecule has 0 amide bonds. The second kappa shape index (κ2) is 3.83. The Hall–Kier alpha value is -1.07. The molecule has 1 aliphatic rings. The van der Waals surface area contributed by atoms with Gasteiger partial charge in [0, 0.05) is 12.8 Å². The first kappa shape index (κ1) is 10.4. The minimum Gasteiger partial charge on any atom is -0.481 e. The first-order valence-corrected chi connectivity index (χ1v) is 4.99. The number of aromatic nitrogens is 2. The lowest BCUT2D eigenvalue weighted by atomic mass is 9.87. The van der Waals surface area contributed by atoms with Crippen LogP contribution in [0, 0.1) is 5.41 Å². The number of nitrogens with zero attached hydrogens (tertiary/aromatic N) is 2. The molecule has 1 unspecified atom stereocenters. The fourth-order valence-electron chi connectivity index (χ4n) is 1.70. The number of rotatable bonds is 3. The Morgan fingerprint density at radius 1 is 1.80 bits per heavy atom. The molecule has 0 aromatic carbocycles. The Bertz CT molecular complexity index is 371. The van der Waals surface area contributed by atoms with Crippen molar-refractivity contribution >= 4 is 17.6 Å². The molecule has 1 fully saturated rings. The number of aliphatic carboxylic acids is 1. The van der Waals surface area contributed by atoms with Crippen LogP contribution in [0.2, 0.25) is 5.02 Å². The van der Waals surface area contributed by atoms with Crippen molar-refractivity contribution in [3.8, 4) is 0 Å². The molecule has 1 aromatic heterocycles. The maximum atomic E-state index is 11.2. The van der Waals surface area contributed by atoms with Gasteiger partial charge in [0.05, 0.1) is 24.4 Å². The minimum atomic E-state index is -0.852. The van der Waals surface area contributed by atoms with Gasteiger partial charge >= 0.3 is 5.97 Å². The van der Waals surface area contributed by atoms with Crippen molar-refractivity contribution in [3.63, 3.8) is 0 Å². The Labute approximate surface area is 91.6 Å². The Balaban J connectivity index is 2.17. The van der Waals surface area contributed by atoms with Crippen molar-refractivity contribution < 1.29 is 14.6 Å². The molecule has 0 bridgehead atoms. The average Bonchev–Trinajstić information content (AvgIpc) is 2.77. The van der Waals surface area contributed by atoms with E-state index in [4.69, 9.17) is 16.3 Å². The van der Waals surface area contributed by atoms with E-state index in [1.54, 1.807) is 10.9 Å². The van der Waals surface area contributed by atoms with Crippen LogP contribution in [0.1, 0.15) is 6.42 Å². The van der Waals surface area contributed by atoms with Crippen LogP contribution >= 0.6 is 11.6 Å². The lowest BCUT2D eigenvalue weighted by Gasteiger charge is -2.21. The Kier molecular flexibility index (Phi) is 2.67. The zero-order chi connectivity index (χ0) is 10.9. The molecule has 0 radical (unpaired) electrons. The predicted molar refractivity (Wildman–Crippen MR) is 52.7 cm³/mol. The molecule has 0 saturated carbocycles. The molecule has 15 heavy (non-hydrogen) atoms. The van der Waals surface area contributed by atoms with E-state index in [9.17, 15) is 9.90 Å². The normalized spacial score (nSPS) is 25.7. The molecule has 1 saturated heterocycles. The van der Waals surface area contributed by atoms with Crippen LogP contribution in [-0.4, -0.2) is 34.1 Å². The summed E-state index contributed by atoms with van der Waals surface area (Å²) in [6, 6.07) is 0. The van der Waals surface area contributed by atoms with Crippen LogP contribution in [0.5, 0.6) is 0 Å². The third-order valence-electron chi connectivity index (χ3n) is 2.62. The molecule has 5 nitrogen and oxygen atoms in total. The van der Waals surface area contributed by atoms with Crippen molar-refractivity contribution in [1.82, 2.24) is 9.78 Å². The third-order valence-corrected chi connectivity index (χ3v) is 2.82. The summed E-state index contributed by atoms with van der Waals surface area (Å²) in [6.45, 7) is 1.02. The summed E-state index contributed by atoms with van der Waals surface area (Å²) in [6.07, 6.45) is 3.62. The summed E-state index contributed by atoms with van der Waals surface area (Å²) in [4.78, 5) is 11.2. The van der Waals surface area contributed by atoms with Gasteiger partial charge in [0.1, 0.15) is 5.41 Å². The number of hydrogen-bond acceptors (Lipinski definition) is 3. The number of halogens is 1. The van der Waals surface area contributed by atoms with Gasteiger partial charge in [0.15, 0.2) is 0 Å². The number of carbonyl (C=O) groups is 1. The van der Waals surface area contributed by atoms with Gasteiger partial charge in [-0.15, -0.1) is 0 Å². The smallest absolute Gasteiger partial charge is 0.313 e. The summed E-state index contributed by atoms with van der Waals surface area (Å²) in [5, 5.41) is 13.7. The van der Waals surface area contributed by atoms with Crippen LogP contribution < -0.4 is 0 Å². The Morgan fingerprint density at radius 3 is 3.07 bits per heavy atom. The van der Waals surface area contributed by atoms with Crippen LogP contribution in [0.3, 0.4) is 0 Å². The quantitative estimate of drug-likeness (QED) is 0.842.